The highest BCUT2D eigenvalue weighted by Gasteiger charge is 2.45. The Morgan fingerprint density at radius 2 is 1.81 bits per heavy atom. The van der Waals surface area contributed by atoms with Crippen molar-refractivity contribution in [1.82, 2.24) is 4.90 Å². The lowest BCUT2D eigenvalue weighted by atomic mass is 9.95. The zero-order valence-electron chi connectivity index (χ0n) is 18.4. The second-order valence-corrected chi connectivity index (χ2v) is 7.81. The minimum absolute atomic E-state index is 0.0130. The first kappa shape index (κ1) is 22.4. The van der Waals surface area contributed by atoms with Gasteiger partial charge in [-0.05, 0) is 62.2 Å². The molecule has 0 aliphatic carbocycles. The molecule has 1 atom stereocenters. The van der Waals surface area contributed by atoms with Gasteiger partial charge in [-0.2, -0.15) is 0 Å². The molecule has 31 heavy (non-hydrogen) atoms. The van der Waals surface area contributed by atoms with E-state index in [1.807, 2.05) is 45.0 Å². The molecule has 1 unspecified atom stereocenters. The summed E-state index contributed by atoms with van der Waals surface area (Å²) in [5, 5.41) is 11.1. The van der Waals surface area contributed by atoms with E-state index >= 15 is 0 Å². The number of unbranched alkanes of at least 4 members (excludes halogenated alkanes) is 1. The highest BCUT2D eigenvalue weighted by Crippen LogP contribution is 2.40. The summed E-state index contributed by atoms with van der Waals surface area (Å²) >= 11 is 0. The Morgan fingerprint density at radius 3 is 2.42 bits per heavy atom. The number of aliphatic hydroxyl groups excluding tert-OH is 1. The van der Waals surface area contributed by atoms with E-state index in [1.165, 1.54) is 0 Å². The van der Waals surface area contributed by atoms with Crippen molar-refractivity contribution in [2.45, 2.75) is 45.8 Å². The quantitative estimate of drug-likeness (QED) is 0.378. The van der Waals surface area contributed by atoms with Crippen LogP contribution < -0.4 is 9.47 Å². The van der Waals surface area contributed by atoms with Crippen molar-refractivity contribution in [2.75, 3.05) is 13.7 Å². The number of aliphatic hydroxyl groups is 1. The summed E-state index contributed by atoms with van der Waals surface area (Å²) in [5.41, 5.74) is 1.27. The van der Waals surface area contributed by atoms with Gasteiger partial charge in [0, 0.05) is 12.1 Å². The zero-order chi connectivity index (χ0) is 22.5. The lowest BCUT2D eigenvalue weighted by Crippen LogP contribution is -2.30. The van der Waals surface area contributed by atoms with Gasteiger partial charge in [-0.15, -0.1) is 0 Å². The third kappa shape index (κ3) is 4.74. The number of likely N-dealkylation sites (tertiary alicyclic amines) is 1. The maximum Gasteiger partial charge on any atom is 0.295 e. The topological polar surface area (TPSA) is 76.1 Å². The average molecular weight is 424 g/mol. The van der Waals surface area contributed by atoms with Gasteiger partial charge in [0.05, 0.1) is 24.8 Å². The fourth-order valence-corrected chi connectivity index (χ4v) is 3.72. The van der Waals surface area contributed by atoms with Crippen LogP contribution >= 0.6 is 0 Å². The highest BCUT2D eigenvalue weighted by molar-refractivity contribution is 6.46. The predicted octanol–water partition coefficient (Wildman–Crippen LogP) is 4.70. The maximum absolute atomic E-state index is 13.0. The number of carbonyl (C=O) groups excluding carboxylic acids is 2. The first-order valence-corrected chi connectivity index (χ1v) is 10.6. The lowest BCUT2D eigenvalue weighted by Gasteiger charge is -2.25. The number of hydrogen-bond acceptors (Lipinski definition) is 5. The Balaban J connectivity index is 2.12. The smallest absolute Gasteiger partial charge is 0.295 e. The predicted molar refractivity (Wildman–Crippen MR) is 119 cm³/mol. The molecule has 0 bridgehead atoms. The second kappa shape index (κ2) is 9.69. The molecule has 0 aromatic heterocycles. The van der Waals surface area contributed by atoms with E-state index < -0.39 is 17.7 Å². The fourth-order valence-electron chi connectivity index (χ4n) is 3.72. The number of amides is 1. The van der Waals surface area contributed by atoms with Gasteiger partial charge in [0.15, 0.2) is 0 Å². The van der Waals surface area contributed by atoms with Crippen molar-refractivity contribution >= 4 is 17.4 Å². The molecule has 0 saturated carbocycles. The second-order valence-electron chi connectivity index (χ2n) is 7.81. The molecule has 1 amide bonds. The van der Waals surface area contributed by atoms with Gasteiger partial charge in [0.25, 0.3) is 11.7 Å². The van der Waals surface area contributed by atoms with Crippen LogP contribution in [0, 0.1) is 0 Å². The number of ketones is 1. The van der Waals surface area contributed by atoms with E-state index in [9.17, 15) is 14.7 Å². The van der Waals surface area contributed by atoms with Gasteiger partial charge in [-0.1, -0.05) is 25.5 Å². The minimum atomic E-state index is -0.677. The van der Waals surface area contributed by atoms with Crippen LogP contribution in [0.15, 0.2) is 54.1 Å². The summed E-state index contributed by atoms with van der Waals surface area (Å²) in [5.74, 6) is -0.179. The lowest BCUT2D eigenvalue weighted by molar-refractivity contribution is -0.139. The Bertz CT molecular complexity index is 978. The SMILES string of the molecule is CCCCN1C(=O)C(=O)/C(=C(\O)c2ccc(OC)cc2)C1c1cccc(OC(C)C)c1. The zero-order valence-corrected chi connectivity index (χ0v) is 18.4. The third-order valence-electron chi connectivity index (χ3n) is 5.20. The third-order valence-corrected chi connectivity index (χ3v) is 5.20. The van der Waals surface area contributed by atoms with Crippen LogP contribution in [0.25, 0.3) is 5.76 Å². The van der Waals surface area contributed by atoms with Gasteiger partial charge in [0.1, 0.15) is 17.3 Å². The Morgan fingerprint density at radius 1 is 1.10 bits per heavy atom. The molecule has 1 saturated heterocycles. The van der Waals surface area contributed by atoms with Gasteiger partial charge < -0.3 is 19.5 Å². The van der Waals surface area contributed by atoms with Crippen molar-refractivity contribution in [3.63, 3.8) is 0 Å². The molecule has 0 radical (unpaired) electrons. The molecule has 1 aliphatic rings. The van der Waals surface area contributed by atoms with E-state index in [1.54, 1.807) is 36.3 Å². The standard InChI is InChI=1S/C25H29NO5/c1-5-6-14-26-22(18-8-7-9-20(15-18)31-16(2)3)21(24(28)25(26)29)23(27)17-10-12-19(30-4)13-11-17/h7-13,15-16,22,27H,5-6,14H2,1-4H3/b23-21-. The number of carbonyl (C=O) groups is 2. The van der Waals surface area contributed by atoms with Crippen LogP contribution in [0.1, 0.15) is 50.8 Å². The Kier molecular flexibility index (Phi) is 7.00. The summed E-state index contributed by atoms with van der Waals surface area (Å²) in [6, 6.07) is 13.4. The van der Waals surface area contributed by atoms with Crippen molar-refractivity contribution in [2.24, 2.45) is 0 Å². The van der Waals surface area contributed by atoms with Crippen LogP contribution in [0.4, 0.5) is 0 Å². The number of nitrogens with zero attached hydrogens (tertiary/aromatic N) is 1. The first-order valence-electron chi connectivity index (χ1n) is 10.6. The minimum Gasteiger partial charge on any atom is -0.507 e. The molecule has 3 rings (SSSR count). The molecule has 2 aromatic rings. The van der Waals surface area contributed by atoms with Crippen molar-refractivity contribution < 1.29 is 24.2 Å². The van der Waals surface area contributed by atoms with Crippen LogP contribution in [0.2, 0.25) is 0 Å². The largest absolute Gasteiger partial charge is 0.507 e. The van der Waals surface area contributed by atoms with Gasteiger partial charge in [-0.25, -0.2) is 0 Å². The van der Waals surface area contributed by atoms with Gasteiger partial charge >= 0.3 is 0 Å². The van der Waals surface area contributed by atoms with Crippen molar-refractivity contribution in [3.05, 3.63) is 65.2 Å². The van der Waals surface area contributed by atoms with Crippen LogP contribution in [0.3, 0.4) is 0 Å². The molecular weight excluding hydrogens is 394 g/mol. The number of Topliss-reactive ketones (excluding diaryl/α,β-unsaturated/α-hetero) is 1. The Hall–Kier alpha value is -3.28. The molecule has 2 aromatic carbocycles. The highest BCUT2D eigenvalue weighted by atomic mass is 16.5. The molecular formula is C25H29NO5. The summed E-state index contributed by atoms with van der Waals surface area (Å²) in [6.45, 7) is 6.33. The summed E-state index contributed by atoms with van der Waals surface area (Å²) in [4.78, 5) is 27.4. The van der Waals surface area contributed by atoms with Crippen molar-refractivity contribution in [1.29, 1.82) is 0 Å². The van der Waals surface area contributed by atoms with E-state index in [0.29, 0.717) is 23.6 Å². The van der Waals surface area contributed by atoms with E-state index in [4.69, 9.17) is 9.47 Å². The van der Waals surface area contributed by atoms with Gasteiger partial charge in [-0.3, -0.25) is 9.59 Å². The molecule has 0 spiro atoms. The number of methoxy groups -OCH3 is 1. The maximum atomic E-state index is 13.0. The molecule has 6 nitrogen and oxygen atoms in total. The number of rotatable bonds is 8. The van der Waals surface area contributed by atoms with E-state index in [-0.39, 0.29) is 17.4 Å². The number of hydrogen-bond donors (Lipinski definition) is 1. The van der Waals surface area contributed by atoms with E-state index in [0.717, 1.165) is 18.4 Å². The fraction of sp³-hybridized carbons (Fsp3) is 0.360. The first-order chi connectivity index (χ1) is 14.9. The Labute approximate surface area is 183 Å². The monoisotopic (exact) mass is 423 g/mol. The summed E-state index contributed by atoms with van der Waals surface area (Å²) in [6.07, 6.45) is 1.62. The normalized spacial score (nSPS) is 18.0. The van der Waals surface area contributed by atoms with Crippen LogP contribution in [0.5, 0.6) is 11.5 Å². The van der Waals surface area contributed by atoms with E-state index in [2.05, 4.69) is 0 Å². The summed E-state index contributed by atoms with van der Waals surface area (Å²) in [7, 11) is 1.56. The molecule has 1 aliphatic heterocycles. The number of ether oxygens (including phenoxy) is 2. The van der Waals surface area contributed by atoms with Gasteiger partial charge in [0.2, 0.25) is 0 Å². The molecule has 1 N–H and O–H groups in total. The average Bonchev–Trinajstić information content (AvgIpc) is 3.01. The molecule has 164 valence electrons. The molecule has 1 fully saturated rings. The van der Waals surface area contributed by atoms with Crippen LogP contribution in [-0.4, -0.2) is 41.5 Å². The summed E-state index contributed by atoms with van der Waals surface area (Å²) < 4.78 is 11.0. The molecule has 1 heterocycles. The number of benzene rings is 2. The van der Waals surface area contributed by atoms with Crippen molar-refractivity contribution in [3.8, 4) is 11.5 Å². The molecule has 6 heteroatoms. The van der Waals surface area contributed by atoms with Crippen LogP contribution in [-0.2, 0) is 9.59 Å².